The number of benzene rings is 1. The average Bonchev–Trinajstić information content (AvgIpc) is 3.34. The molecule has 13 nitrogen and oxygen atoms in total. The van der Waals surface area contributed by atoms with Gasteiger partial charge in [-0.2, -0.15) is 0 Å². The summed E-state index contributed by atoms with van der Waals surface area (Å²) in [7, 11) is -4.33. The van der Waals surface area contributed by atoms with Crippen molar-refractivity contribution < 1.29 is 32.5 Å². The van der Waals surface area contributed by atoms with E-state index in [0.29, 0.717) is 0 Å². The Labute approximate surface area is 179 Å². The van der Waals surface area contributed by atoms with Crippen molar-refractivity contribution in [2.75, 3.05) is 6.61 Å². The van der Waals surface area contributed by atoms with E-state index in [4.69, 9.17) is 9.47 Å². The van der Waals surface area contributed by atoms with Crippen LogP contribution in [0.3, 0.4) is 0 Å². The fraction of sp³-hybridized carbons (Fsp3) is 0.333. The van der Waals surface area contributed by atoms with Crippen molar-refractivity contribution in [3.63, 3.8) is 0 Å². The molecular formula is C18H18N4O9S. The molecular weight excluding hydrogens is 448 g/mol. The van der Waals surface area contributed by atoms with Crippen molar-refractivity contribution in [1.29, 1.82) is 0 Å². The van der Waals surface area contributed by atoms with E-state index >= 15 is 0 Å². The van der Waals surface area contributed by atoms with E-state index in [9.17, 15) is 28.3 Å². The third-order valence-corrected chi connectivity index (χ3v) is 6.66. The number of aromatic nitrogens is 4. The van der Waals surface area contributed by atoms with Crippen molar-refractivity contribution in [3.8, 4) is 5.88 Å². The Balaban J connectivity index is 1.65. The molecule has 32 heavy (non-hydrogen) atoms. The zero-order valence-corrected chi connectivity index (χ0v) is 17.4. The zero-order chi connectivity index (χ0) is 23.0. The molecule has 1 aromatic carbocycles. The van der Waals surface area contributed by atoms with Gasteiger partial charge in [0.25, 0.3) is 15.4 Å². The van der Waals surface area contributed by atoms with Crippen LogP contribution in [0.5, 0.6) is 5.88 Å². The predicted molar refractivity (Wildman–Crippen MR) is 103 cm³/mol. The Kier molecular flexibility index (Phi) is 5.58. The molecule has 14 heteroatoms. The van der Waals surface area contributed by atoms with Gasteiger partial charge in [0.2, 0.25) is 0 Å². The first-order valence-electron chi connectivity index (χ1n) is 9.37. The molecule has 0 amide bonds. The SMILES string of the molecule is Cc1cn(C2CC(Oc3no[n+]([O-])c3S(=O)(=O)c3ccccc3)C(CO)O2)c(=O)[nH]c1=O. The van der Waals surface area contributed by atoms with Gasteiger partial charge in [-0.3, -0.25) is 19.0 Å². The second-order valence-corrected chi connectivity index (χ2v) is 8.90. The van der Waals surface area contributed by atoms with Crippen LogP contribution < -0.4 is 20.9 Å². The summed E-state index contributed by atoms with van der Waals surface area (Å²) in [6.07, 6.45) is -1.62. The largest absolute Gasteiger partial charge is 0.448 e. The Morgan fingerprint density at radius 2 is 2.06 bits per heavy atom. The molecule has 1 fully saturated rings. The van der Waals surface area contributed by atoms with Gasteiger partial charge in [-0.25, -0.2) is 13.2 Å². The van der Waals surface area contributed by atoms with E-state index in [1.807, 2.05) is 0 Å². The van der Waals surface area contributed by atoms with Gasteiger partial charge < -0.3 is 19.8 Å². The fourth-order valence-electron chi connectivity index (χ4n) is 3.33. The van der Waals surface area contributed by atoms with E-state index in [1.165, 1.54) is 37.4 Å². The van der Waals surface area contributed by atoms with Gasteiger partial charge in [0, 0.05) is 18.2 Å². The number of aliphatic hydroxyl groups excluding tert-OH is 1. The van der Waals surface area contributed by atoms with Crippen LogP contribution in [-0.2, 0) is 14.6 Å². The molecule has 0 aliphatic carbocycles. The van der Waals surface area contributed by atoms with Gasteiger partial charge in [0.15, 0.2) is 0 Å². The van der Waals surface area contributed by atoms with Gasteiger partial charge >= 0.3 is 16.6 Å². The second-order valence-electron chi connectivity index (χ2n) is 7.04. The van der Waals surface area contributed by atoms with Crippen molar-refractivity contribution in [3.05, 3.63) is 68.1 Å². The molecule has 3 unspecified atom stereocenters. The first-order chi connectivity index (χ1) is 15.2. The number of nitrogens with zero attached hydrogens (tertiary/aromatic N) is 3. The minimum absolute atomic E-state index is 0.0207. The summed E-state index contributed by atoms with van der Waals surface area (Å²) in [4.78, 5) is 25.5. The standard InChI is InChI=1S/C18H18N4O9S/c1-10-8-21(18(25)19-15(10)24)14-7-12(13(9-23)29-14)30-16-17(22(26)31-20-16)32(27,28)11-5-3-2-4-6-11/h2-6,8,12-14,23H,7,9H2,1H3,(H,19,24,25). The predicted octanol–water partition coefficient (Wildman–Crippen LogP) is -0.973. The van der Waals surface area contributed by atoms with Crippen molar-refractivity contribution in [2.45, 2.75) is 41.7 Å². The van der Waals surface area contributed by atoms with Crippen molar-refractivity contribution in [1.82, 2.24) is 14.7 Å². The summed E-state index contributed by atoms with van der Waals surface area (Å²) in [6.45, 7) is 0.971. The lowest BCUT2D eigenvalue weighted by Crippen LogP contribution is -2.33. The first-order valence-corrected chi connectivity index (χ1v) is 10.9. The summed E-state index contributed by atoms with van der Waals surface area (Å²) in [5.41, 5.74) is -1.01. The van der Waals surface area contributed by atoms with Crippen LogP contribution in [0.4, 0.5) is 0 Å². The van der Waals surface area contributed by atoms with Crippen molar-refractivity contribution in [2.24, 2.45) is 0 Å². The normalized spacial score (nSPS) is 21.0. The topological polar surface area (TPSA) is 181 Å². The minimum atomic E-state index is -4.33. The monoisotopic (exact) mass is 466 g/mol. The van der Waals surface area contributed by atoms with Gasteiger partial charge in [0.1, 0.15) is 18.4 Å². The molecule has 3 heterocycles. The number of aryl methyl sites for hydroxylation is 1. The van der Waals surface area contributed by atoms with Crippen LogP contribution in [0.25, 0.3) is 0 Å². The summed E-state index contributed by atoms with van der Waals surface area (Å²) in [5, 5.41) is 24.3. The summed E-state index contributed by atoms with van der Waals surface area (Å²) in [6, 6.07) is 7.16. The van der Waals surface area contributed by atoms with E-state index in [2.05, 4.69) is 14.8 Å². The van der Waals surface area contributed by atoms with Crippen LogP contribution in [0.2, 0.25) is 0 Å². The molecule has 0 radical (unpaired) electrons. The maximum Gasteiger partial charge on any atom is 0.415 e. The van der Waals surface area contributed by atoms with Crippen LogP contribution in [0.15, 0.2) is 60.7 Å². The molecule has 0 spiro atoms. The second kappa shape index (κ2) is 8.22. The Morgan fingerprint density at radius 3 is 2.75 bits per heavy atom. The molecule has 3 atom stereocenters. The number of hydrogen-bond acceptors (Lipinski definition) is 10. The molecule has 2 aromatic heterocycles. The highest BCUT2D eigenvalue weighted by Gasteiger charge is 2.43. The Morgan fingerprint density at radius 1 is 1.34 bits per heavy atom. The quantitative estimate of drug-likeness (QED) is 0.429. The number of aromatic amines is 1. The summed E-state index contributed by atoms with van der Waals surface area (Å²) >= 11 is 0. The number of hydrogen-bond donors (Lipinski definition) is 2. The van der Waals surface area contributed by atoms with E-state index in [1.54, 1.807) is 6.07 Å². The molecule has 4 rings (SSSR count). The minimum Gasteiger partial charge on any atom is -0.448 e. The van der Waals surface area contributed by atoms with E-state index in [-0.39, 0.29) is 21.8 Å². The Bertz CT molecular complexity index is 1350. The lowest BCUT2D eigenvalue weighted by Gasteiger charge is -2.15. The van der Waals surface area contributed by atoms with Gasteiger partial charge in [-0.05, 0) is 24.0 Å². The number of sulfone groups is 1. The fourth-order valence-corrected chi connectivity index (χ4v) is 4.61. The highest BCUT2D eigenvalue weighted by atomic mass is 32.2. The lowest BCUT2D eigenvalue weighted by molar-refractivity contribution is -0.832. The lowest BCUT2D eigenvalue weighted by atomic mass is 10.2. The third-order valence-electron chi connectivity index (χ3n) is 4.93. The van der Waals surface area contributed by atoms with Gasteiger partial charge in [-0.1, -0.05) is 18.2 Å². The van der Waals surface area contributed by atoms with E-state index in [0.717, 1.165) is 4.57 Å². The molecule has 3 aromatic rings. The number of nitrogens with one attached hydrogen (secondary N) is 1. The van der Waals surface area contributed by atoms with Crippen LogP contribution in [-0.4, -0.2) is 47.0 Å². The van der Waals surface area contributed by atoms with E-state index < -0.39 is 57.0 Å². The van der Waals surface area contributed by atoms with Crippen LogP contribution >= 0.6 is 0 Å². The third kappa shape index (κ3) is 3.79. The molecule has 1 aliphatic heterocycles. The van der Waals surface area contributed by atoms with Gasteiger partial charge in [0.05, 0.1) is 16.7 Å². The molecule has 170 valence electrons. The number of ether oxygens (including phenoxy) is 2. The van der Waals surface area contributed by atoms with Crippen LogP contribution in [0.1, 0.15) is 18.2 Å². The summed E-state index contributed by atoms with van der Waals surface area (Å²) < 4.78 is 42.6. The van der Waals surface area contributed by atoms with Crippen molar-refractivity contribution >= 4 is 9.84 Å². The molecule has 2 N–H and O–H groups in total. The summed E-state index contributed by atoms with van der Waals surface area (Å²) in [5.74, 6) is -0.610. The molecule has 1 aliphatic rings. The maximum absolute atomic E-state index is 12.9. The van der Waals surface area contributed by atoms with Crippen LogP contribution in [0, 0.1) is 12.1 Å². The number of rotatable bonds is 6. The molecule has 1 saturated heterocycles. The zero-order valence-electron chi connectivity index (χ0n) is 16.6. The number of H-pyrrole nitrogens is 1. The molecule has 0 saturated carbocycles. The molecule has 0 bridgehead atoms. The number of aliphatic hydroxyl groups is 1. The smallest absolute Gasteiger partial charge is 0.415 e. The maximum atomic E-state index is 12.9. The first kappa shape index (κ1) is 21.7. The Hall–Kier alpha value is -3.49. The highest BCUT2D eigenvalue weighted by molar-refractivity contribution is 7.91. The van der Waals surface area contributed by atoms with Gasteiger partial charge in [-0.15, -0.1) is 0 Å². The average molecular weight is 466 g/mol. The highest BCUT2D eigenvalue weighted by Crippen LogP contribution is 2.33.